The zero-order valence-corrected chi connectivity index (χ0v) is 19.0. The van der Waals surface area contributed by atoms with Crippen molar-refractivity contribution in [2.75, 3.05) is 31.3 Å². The van der Waals surface area contributed by atoms with Crippen LogP contribution in [0.5, 0.6) is 0 Å². The van der Waals surface area contributed by atoms with E-state index in [1.807, 2.05) is 20.8 Å². The van der Waals surface area contributed by atoms with Crippen LogP contribution in [0.15, 0.2) is 0 Å². The lowest BCUT2D eigenvalue weighted by atomic mass is 9.91. The zero-order chi connectivity index (χ0) is 22.0. The number of hydrogen-bond acceptors (Lipinski definition) is 8. The van der Waals surface area contributed by atoms with Gasteiger partial charge in [-0.3, -0.25) is 14.4 Å². The van der Waals surface area contributed by atoms with E-state index in [1.165, 1.54) is 11.8 Å². The number of thioether (sulfide) groups is 1. The first kappa shape index (κ1) is 26.7. The summed E-state index contributed by atoms with van der Waals surface area (Å²) in [6, 6.07) is 0. The first-order valence-corrected chi connectivity index (χ1v) is 10.7. The topological polar surface area (TPSA) is 99.1 Å². The van der Waals surface area contributed by atoms with Gasteiger partial charge in [-0.25, -0.2) is 0 Å². The Balaban J connectivity index is 4.09. The number of carbonyl (C=O) groups excluding carboxylic acids is 3. The minimum Gasteiger partial charge on any atom is -0.465 e. The van der Waals surface area contributed by atoms with Gasteiger partial charge in [-0.05, 0) is 40.0 Å². The van der Waals surface area contributed by atoms with E-state index >= 15 is 0 Å². The van der Waals surface area contributed by atoms with Crippen molar-refractivity contribution in [2.45, 2.75) is 61.0 Å². The van der Waals surface area contributed by atoms with Crippen LogP contribution in [0, 0.1) is 16.7 Å². The summed E-state index contributed by atoms with van der Waals surface area (Å²) in [7, 11) is 0. The monoisotopic (exact) mass is 420 g/mol. The quantitative estimate of drug-likeness (QED) is 0.359. The van der Waals surface area contributed by atoms with Gasteiger partial charge in [0.05, 0.1) is 23.2 Å². The van der Waals surface area contributed by atoms with Gasteiger partial charge >= 0.3 is 17.9 Å². The van der Waals surface area contributed by atoms with Gasteiger partial charge in [0, 0.05) is 5.75 Å². The van der Waals surface area contributed by atoms with Crippen LogP contribution in [0.2, 0.25) is 0 Å². The summed E-state index contributed by atoms with van der Waals surface area (Å²) in [6.07, 6.45) is -0.455. The highest BCUT2D eigenvalue weighted by atomic mass is 32.2. The second-order valence-electron chi connectivity index (χ2n) is 8.54. The lowest BCUT2D eigenvalue weighted by molar-refractivity contribution is -0.159. The highest BCUT2D eigenvalue weighted by Gasteiger charge is 2.30. The van der Waals surface area contributed by atoms with Crippen molar-refractivity contribution >= 4 is 29.7 Å². The van der Waals surface area contributed by atoms with E-state index in [0.29, 0.717) is 18.8 Å². The van der Waals surface area contributed by atoms with Crippen LogP contribution in [0.1, 0.15) is 54.9 Å². The second-order valence-corrected chi connectivity index (χ2v) is 9.53. The first-order chi connectivity index (χ1) is 12.8. The van der Waals surface area contributed by atoms with Crippen molar-refractivity contribution in [3.8, 4) is 0 Å². The van der Waals surface area contributed by atoms with Gasteiger partial charge in [-0.1, -0.05) is 20.8 Å². The maximum absolute atomic E-state index is 12.1. The fourth-order valence-electron chi connectivity index (χ4n) is 1.68. The molecule has 0 aromatic heterocycles. The summed E-state index contributed by atoms with van der Waals surface area (Å²) in [6.45, 7) is 12.8. The Morgan fingerprint density at radius 1 is 0.893 bits per heavy atom. The number of carbonyl (C=O) groups is 3. The largest absolute Gasteiger partial charge is 0.465 e. The predicted octanol–water partition coefficient (Wildman–Crippen LogP) is 2.83. The maximum Gasteiger partial charge on any atom is 0.315 e. The number of aliphatic hydroxyl groups is 1. The van der Waals surface area contributed by atoms with Gasteiger partial charge in [0.15, 0.2) is 0 Å². The van der Waals surface area contributed by atoms with E-state index in [1.54, 1.807) is 27.7 Å². The number of aliphatic hydroxyl groups excluding tert-OH is 1. The Morgan fingerprint density at radius 2 is 1.39 bits per heavy atom. The molecule has 0 aliphatic carbocycles. The standard InChI is InChI=1S/C20H36O7S/c1-8-19(4,5)17(23)27-11-15(21)10-25-16(22)12-28-13-20(6,7)18(24)26-9-14(2)3/h14-15,21H,8-13H2,1-7H3. The van der Waals surface area contributed by atoms with Crippen molar-refractivity contribution in [3.63, 3.8) is 0 Å². The molecule has 28 heavy (non-hydrogen) atoms. The summed E-state index contributed by atoms with van der Waals surface area (Å²) in [5.74, 6) is -0.477. The Morgan fingerprint density at radius 3 is 1.93 bits per heavy atom. The van der Waals surface area contributed by atoms with Crippen molar-refractivity contribution in [1.29, 1.82) is 0 Å². The summed E-state index contributed by atoms with van der Waals surface area (Å²) in [5, 5.41) is 9.79. The van der Waals surface area contributed by atoms with Crippen LogP contribution in [-0.4, -0.2) is 60.4 Å². The molecule has 0 aliphatic heterocycles. The lowest BCUT2D eigenvalue weighted by Gasteiger charge is -2.22. The van der Waals surface area contributed by atoms with E-state index in [0.717, 1.165) is 0 Å². The highest BCUT2D eigenvalue weighted by molar-refractivity contribution is 7.99. The third kappa shape index (κ3) is 10.9. The molecule has 0 amide bonds. The van der Waals surface area contributed by atoms with Crippen LogP contribution in [0.25, 0.3) is 0 Å². The molecule has 7 nitrogen and oxygen atoms in total. The third-order valence-corrected chi connectivity index (χ3v) is 5.43. The smallest absolute Gasteiger partial charge is 0.315 e. The zero-order valence-electron chi connectivity index (χ0n) is 18.2. The molecule has 0 spiro atoms. The molecule has 1 unspecified atom stereocenters. The molecule has 8 heteroatoms. The minimum atomic E-state index is -1.08. The lowest BCUT2D eigenvalue weighted by Crippen LogP contribution is -2.32. The molecule has 0 fully saturated rings. The summed E-state index contributed by atoms with van der Waals surface area (Å²) in [5.41, 5.74) is -1.32. The summed E-state index contributed by atoms with van der Waals surface area (Å²) < 4.78 is 15.3. The Hall–Kier alpha value is -1.28. The van der Waals surface area contributed by atoms with Gasteiger partial charge in [0.2, 0.25) is 0 Å². The molecule has 164 valence electrons. The molecule has 0 aliphatic rings. The van der Waals surface area contributed by atoms with Crippen molar-refractivity contribution in [2.24, 2.45) is 16.7 Å². The maximum atomic E-state index is 12.1. The van der Waals surface area contributed by atoms with Gasteiger partial charge < -0.3 is 19.3 Å². The van der Waals surface area contributed by atoms with Crippen molar-refractivity contribution < 1.29 is 33.7 Å². The molecule has 0 radical (unpaired) electrons. The van der Waals surface area contributed by atoms with E-state index in [2.05, 4.69) is 0 Å². The van der Waals surface area contributed by atoms with Crippen LogP contribution >= 0.6 is 11.8 Å². The average molecular weight is 421 g/mol. The molecule has 0 rings (SSSR count). The number of ether oxygens (including phenoxy) is 3. The first-order valence-electron chi connectivity index (χ1n) is 9.57. The van der Waals surface area contributed by atoms with Crippen LogP contribution < -0.4 is 0 Å². The SMILES string of the molecule is CCC(C)(C)C(=O)OCC(O)COC(=O)CSCC(C)(C)C(=O)OCC(C)C. The van der Waals surface area contributed by atoms with E-state index in [-0.39, 0.29) is 30.9 Å². The summed E-state index contributed by atoms with van der Waals surface area (Å²) in [4.78, 5) is 35.7. The Kier molecular flexibility index (Phi) is 11.8. The Labute approximate surface area is 172 Å². The molecule has 0 heterocycles. The summed E-state index contributed by atoms with van der Waals surface area (Å²) >= 11 is 1.26. The number of hydrogen-bond donors (Lipinski definition) is 1. The molecule has 0 saturated carbocycles. The van der Waals surface area contributed by atoms with Gasteiger partial charge in [-0.15, -0.1) is 11.8 Å². The van der Waals surface area contributed by atoms with E-state index < -0.39 is 28.9 Å². The molecular weight excluding hydrogens is 384 g/mol. The normalized spacial score (nSPS) is 13.2. The fraction of sp³-hybridized carbons (Fsp3) is 0.850. The van der Waals surface area contributed by atoms with Crippen molar-refractivity contribution in [1.82, 2.24) is 0 Å². The highest BCUT2D eigenvalue weighted by Crippen LogP contribution is 2.24. The second kappa shape index (κ2) is 12.3. The molecule has 0 aromatic rings. The van der Waals surface area contributed by atoms with Crippen LogP contribution in [-0.2, 0) is 28.6 Å². The third-order valence-electron chi connectivity index (χ3n) is 4.06. The fourth-order valence-corrected chi connectivity index (χ4v) is 2.66. The molecule has 1 atom stereocenters. The molecular formula is C20H36O7S. The van der Waals surface area contributed by atoms with Crippen molar-refractivity contribution in [3.05, 3.63) is 0 Å². The molecule has 0 saturated heterocycles. The van der Waals surface area contributed by atoms with Gasteiger partial charge in [0.1, 0.15) is 19.3 Å². The average Bonchev–Trinajstić information content (AvgIpc) is 2.61. The molecule has 1 N–H and O–H groups in total. The molecule has 0 aromatic carbocycles. The minimum absolute atomic E-state index is 0.0518. The number of rotatable bonds is 13. The van der Waals surface area contributed by atoms with E-state index in [4.69, 9.17) is 14.2 Å². The van der Waals surface area contributed by atoms with Crippen LogP contribution in [0.4, 0.5) is 0 Å². The molecule has 0 bridgehead atoms. The predicted molar refractivity (Wildman–Crippen MR) is 109 cm³/mol. The van der Waals surface area contributed by atoms with E-state index in [9.17, 15) is 19.5 Å². The Bertz CT molecular complexity index is 515. The van der Waals surface area contributed by atoms with Crippen LogP contribution in [0.3, 0.4) is 0 Å². The number of esters is 3. The van der Waals surface area contributed by atoms with Gasteiger partial charge in [0.25, 0.3) is 0 Å². The van der Waals surface area contributed by atoms with Gasteiger partial charge in [-0.2, -0.15) is 0 Å².